The third kappa shape index (κ3) is 11.5. The van der Waals surface area contributed by atoms with E-state index in [1.807, 2.05) is 19.0 Å². The maximum absolute atomic E-state index is 11.9. The molecule has 38 heavy (non-hydrogen) atoms. The van der Waals surface area contributed by atoms with Crippen molar-refractivity contribution >= 4 is 35.2 Å². The summed E-state index contributed by atoms with van der Waals surface area (Å²) in [5.41, 5.74) is 7.09. The van der Waals surface area contributed by atoms with Crippen molar-refractivity contribution in [2.45, 2.75) is 26.2 Å². The van der Waals surface area contributed by atoms with Crippen LogP contribution in [0.25, 0.3) is 0 Å². The van der Waals surface area contributed by atoms with Gasteiger partial charge < -0.3 is 31.9 Å². The summed E-state index contributed by atoms with van der Waals surface area (Å²) in [5, 5.41) is 11.7. The lowest BCUT2D eigenvalue weighted by molar-refractivity contribution is -0.123. The zero-order chi connectivity index (χ0) is 27.8. The summed E-state index contributed by atoms with van der Waals surface area (Å²) in [6.45, 7) is 3.82. The third-order valence-corrected chi connectivity index (χ3v) is 4.94. The summed E-state index contributed by atoms with van der Waals surface area (Å²) in [6, 6.07) is 6.72. The number of carbonyl (C=O) groups excluding carboxylic acids is 3. The Labute approximate surface area is 223 Å². The number of likely N-dealkylation sites (N-methyl/N-ethyl adjacent to an activating group) is 1. The van der Waals surface area contributed by atoms with Gasteiger partial charge in [0.1, 0.15) is 5.82 Å². The Hall–Kier alpha value is -4.43. The molecule has 2 rings (SSSR count). The van der Waals surface area contributed by atoms with E-state index in [0.29, 0.717) is 48.8 Å². The lowest BCUT2D eigenvalue weighted by atomic mass is 10.2. The van der Waals surface area contributed by atoms with Crippen molar-refractivity contribution in [3.8, 4) is 11.8 Å². The molecule has 11 heteroatoms. The number of unbranched alkanes of at least 4 members (excludes halogenated alkanes) is 1. The molecule has 0 aliphatic carbocycles. The number of primary amides is 1. The first-order valence-electron chi connectivity index (χ1n) is 12.4. The maximum atomic E-state index is 11.9. The molecule has 0 bridgehead atoms. The molecule has 1 heterocycles. The van der Waals surface area contributed by atoms with Gasteiger partial charge >= 0.3 is 0 Å². The number of anilines is 3. The van der Waals surface area contributed by atoms with E-state index in [-0.39, 0.29) is 18.4 Å². The van der Waals surface area contributed by atoms with Gasteiger partial charge in [-0.25, -0.2) is 4.98 Å². The number of nitrogens with one attached hydrogen (secondary N) is 4. The summed E-state index contributed by atoms with van der Waals surface area (Å²) < 4.78 is 0. The number of nitrogens with zero attached hydrogens (tertiary/aromatic N) is 3. The molecule has 202 valence electrons. The summed E-state index contributed by atoms with van der Waals surface area (Å²) in [5.74, 6) is 6.16. The van der Waals surface area contributed by atoms with Crippen LogP contribution in [-0.4, -0.2) is 72.9 Å². The standard InChI is InChI=1S/C27H36N8O3/c1-4-15-30-26-21(18-32-27(34-26)33-22-13-11-20(12-14-22)25(28)38)9-6-5-7-16-29-24(37)19-31-23(36)10-8-17-35(2)3/h8,10-14,18H,4-5,7,15-17,19H2,1-3H3,(H2,28,38)(H,29,37)(H,31,36)(H2,30,32,33,34)/b10-8+. The van der Waals surface area contributed by atoms with Gasteiger partial charge in [0.2, 0.25) is 23.7 Å². The third-order valence-electron chi connectivity index (χ3n) is 4.94. The van der Waals surface area contributed by atoms with E-state index in [2.05, 4.69) is 50.0 Å². The van der Waals surface area contributed by atoms with Gasteiger partial charge in [0.05, 0.1) is 18.3 Å². The van der Waals surface area contributed by atoms with Crippen molar-refractivity contribution in [1.82, 2.24) is 25.5 Å². The number of nitrogens with two attached hydrogens (primary N) is 1. The van der Waals surface area contributed by atoms with Crippen LogP contribution >= 0.6 is 0 Å². The van der Waals surface area contributed by atoms with Gasteiger partial charge in [0, 0.05) is 43.4 Å². The Morgan fingerprint density at radius 2 is 1.87 bits per heavy atom. The summed E-state index contributed by atoms with van der Waals surface area (Å²) in [7, 11) is 3.81. The van der Waals surface area contributed by atoms with Crippen molar-refractivity contribution in [3.05, 3.63) is 53.7 Å². The highest BCUT2D eigenvalue weighted by Crippen LogP contribution is 2.18. The topological polar surface area (TPSA) is 154 Å². The molecule has 0 radical (unpaired) electrons. The Bertz CT molecular complexity index is 1170. The average molecular weight is 521 g/mol. The molecule has 0 spiro atoms. The summed E-state index contributed by atoms with van der Waals surface area (Å²) in [6.07, 6.45) is 6.95. The number of hydrogen-bond acceptors (Lipinski definition) is 8. The van der Waals surface area contributed by atoms with Crippen molar-refractivity contribution < 1.29 is 14.4 Å². The number of carbonyl (C=O) groups is 3. The zero-order valence-corrected chi connectivity index (χ0v) is 22.1. The molecule has 0 aliphatic rings. The van der Waals surface area contributed by atoms with E-state index in [4.69, 9.17) is 5.73 Å². The second-order valence-electron chi connectivity index (χ2n) is 8.59. The lowest BCUT2D eigenvalue weighted by Crippen LogP contribution is -2.36. The first-order chi connectivity index (χ1) is 18.3. The Balaban J connectivity index is 1.83. The second-order valence-corrected chi connectivity index (χ2v) is 8.59. The fourth-order valence-corrected chi connectivity index (χ4v) is 2.98. The van der Waals surface area contributed by atoms with Crippen molar-refractivity contribution in [1.29, 1.82) is 0 Å². The molecule has 0 saturated heterocycles. The summed E-state index contributed by atoms with van der Waals surface area (Å²) >= 11 is 0. The van der Waals surface area contributed by atoms with Crippen molar-refractivity contribution in [2.75, 3.05) is 50.9 Å². The molecule has 0 aliphatic heterocycles. The molecule has 6 N–H and O–H groups in total. The van der Waals surface area contributed by atoms with E-state index in [1.54, 1.807) is 36.5 Å². The van der Waals surface area contributed by atoms with Crippen LogP contribution < -0.4 is 27.0 Å². The predicted molar refractivity (Wildman–Crippen MR) is 149 cm³/mol. The molecule has 0 atom stereocenters. The highest BCUT2D eigenvalue weighted by Gasteiger charge is 2.07. The fourth-order valence-electron chi connectivity index (χ4n) is 2.98. The van der Waals surface area contributed by atoms with E-state index in [9.17, 15) is 14.4 Å². The fraction of sp³-hybridized carbons (Fsp3) is 0.370. The normalized spacial score (nSPS) is 10.5. The SMILES string of the molecule is CCCNc1nc(Nc2ccc(C(N)=O)cc2)ncc1C#CCCCNC(=O)CNC(=O)/C=C/CN(C)C. The highest BCUT2D eigenvalue weighted by molar-refractivity contribution is 5.93. The minimum atomic E-state index is -0.489. The monoisotopic (exact) mass is 520 g/mol. The Morgan fingerprint density at radius 3 is 2.55 bits per heavy atom. The van der Waals surface area contributed by atoms with Crippen LogP contribution in [0.15, 0.2) is 42.6 Å². The van der Waals surface area contributed by atoms with Crippen LogP contribution in [0.4, 0.5) is 17.5 Å². The van der Waals surface area contributed by atoms with E-state index in [1.165, 1.54) is 6.08 Å². The van der Waals surface area contributed by atoms with Gasteiger partial charge in [-0.1, -0.05) is 24.8 Å². The van der Waals surface area contributed by atoms with Crippen LogP contribution in [0.5, 0.6) is 0 Å². The Morgan fingerprint density at radius 1 is 1.11 bits per heavy atom. The van der Waals surface area contributed by atoms with E-state index < -0.39 is 5.91 Å². The van der Waals surface area contributed by atoms with Crippen LogP contribution in [-0.2, 0) is 9.59 Å². The molecular weight excluding hydrogens is 484 g/mol. The van der Waals surface area contributed by atoms with Gasteiger partial charge in [-0.2, -0.15) is 4.98 Å². The predicted octanol–water partition coefficient (Wildman–Crippen LogP) is 1.62. The molecule has 3 amide bonds. The van der Waals surface area contributed by atoms with Gasteiger partial charge in [-0.3, -0.25) is 14.4 Å². The minimum Gasteiger partial charge on any atom is -0.369 e. The first kappa shape index (κ1) is 29.8. The number of amides is 3. The van der Waals surface area contributed by atoms with Gasteiger partial charge in [-0.15, -0.1) is 0 Å². The van der Waals surface area contributed by atoms with Crippen LogP contribution in [0, 0.1) is 11.8 Å². The molecule has 0 saturated carbocycles. The molecule has 1 aromatic heterocycles. The number of hydrogen-bond donors (Lipinski definition) is 5. The molecular formula is C27H36N8O3. The molecule has 1 aromatic carbocycles. The first-order valence-corrected chi connectivity index (χ1v) is 12.4. The van der Waals surface area contributed by atoms with Crippen LogP contribution in [0.2, 0.25) is 0 Å². The molecule has 0 unspecified atom stereocenters. The number of aromatic nitrogens is 2. The smallest absolute Gasteiger partial charge is 0.248 e. The van der Waals surface area contributed by atoms with E-state index in [0.717, 1.165) is 18.7 Å². The Kier molecular flexibility index (Phi) is 12.8. The zero-order valence-electron chi connectivity index (χ0n) is 22.1. The van der Waals surface area contributed by atoms with Gasteiger partial charge in [0.25, 0.3) is 0 Å². The lowest BCUT2D eigenvalue weighted by Gasteiger charge is -2.10. The van der Waals surface area contributed by atoms with Crippen LogP contribution in [0.3, 0.4) is 0 Å². The minimum absolute atomic E-state index is 0.0731. The highest BCUT2D eigenvalue weighted by atomic mass is 16.2. The van der Waals surface area contributed by atoms with Crippen molar-refractivity contribution in [2.24, 2.45) is 5.73 Å². The second kappa shape index (κ2) is 16.3. The summed E-state index contributed by atoms with van der Waals surface area (Å²) in [4.78, 5) is 45.6. The maximum Gasteiger partial charge on any atom is 0.248 e. The van der Waals surface area contributed by atoms with Gasteiger partial charge in [0.15, 0.2) is 0 Å². The molecule has 0 fully saturated rings. The van der Waals surface area contributed by atoms with E-state index >= 15 is 0 Å². The van der Waals surface area contributed by atoms with Crippen molar-refractivity contribution in [3.63, 3.8) is 0 Å². The quantitative estimate of drug-likeness (QED) is 0.143. The number of rotatable bonds is 14. The van der Waals surface area contributed by atoms with Gasteiger partial charge in [-0.05, 0) is 51.2 Å². The number of benzene rings is 1. The average Bonchev–Trinajstić information content (AvgIpc) is 2.89. The molecule has 2 aromatic rings. The molecule has 11 nitrogen and oxygen atoms in total. The largest absolute Gasteiger partial charge is 0.369 e. The van der Waals surface area contributed by atoms with Crippen LogP contribution in [0.1, 0.15) is 42.1 Å².